The average molecular weight is 440 g/mol. The van der Waals surface area contributed by atoms with Crippen molar-refractivity contribution < 1.29 is 19.0 Å². The summed E-state index contributed by atoms with van der Waals surface area (Å²) in [6, 6.07) is 11.0. The van der Waals surface area contributed by atoms with Crippen LogP contribution in [-0.4, -0.2) is 32.5 Å². The molecule has 1 unspecified atom stereocenters. The molecule has 1 N–H and O–H groups in total. The number of carbonyl (C=O) groups excluding carboxylic acids is 1. The number of thioether (sulfide) groups is 1. The lowest BCUT2D eigenvalue weighted by Crippen LogP contribution is -2.22. The van der Waals surface area contributed by atoms with Crippen molar-refractivity contribution in [1.82, 2.24) is 0 Å². The minimum absolute atomic E-state index is 0.0526. The molecule has 0 aliphatic heterocycles. The highest BCUT2D eigenvalue weighted by atomic mass is 79.9. The maximum Gasteiger partial charge on any atom is 0.237 e. The van der Waals surface area contributed by atoms with Gasteiger partial charge in [0.1, 0.15) is 17.2 Å². The van der Waals surface area contributed by atoms with Crippen molar-refractivity contribution in [3.05, 3.63) is 46.4 Å². The van der Waals surface area contributed by atoms with Crippen molar-refractivity contribution >= 4 is 39.3 Å². The van der Waals surface area contributed by atoms with E-state index in [4.69, 9.17) is 14.2 Å². The van der Waals surface area contributed by atoms with E-state index in [0.717, 1.165) is 33.0 Å². The van der Waals surface area contributed by atoms with Crippen LogP contribution in [0.3, 0.4) is 0 Å². The number of methoxy groups -OCH3 is 3. The molecule has 2 rings (SSSR count). The van der Waals surface area contributed by atoms with Gasteiger partial charge >= 0.3 is 0 Å². The maximum absolute atomic E-state index is 12.4. The summed E-state index contributed by atoms with van der Waals surface area (Å²) in [5.74, 6) is 2.82. The number of amides is 1. The minimum Gasteiger partial charge on any atom is -0.497 e. The highest BCUT2D eigenvalue weighted by Gasteiger charge is 2.16. The van der Waals surface area contributed by atoms with Gasteiger partial charge in [-0.1, -0.05) is 0 Å². The fourth-order valence-electron chi connectivity index (χ4n) is 2.25. The second-order valence-corrected chi connectivity index (χ2v) is 7.65. The Hall–Kier alpha value is -1.86. The van der Waals surface area contributed by atoms with Gasteiger partial charge in [0.25, 0.3) is 0 Å². The molecule has 5 nitrogen and oxygen atoms in total. The Morgan fingerprint density at radius 2 is 1.73 bits per heavy atom. The molecule has 0 bridgehead atoms. The number of halogens is 1. The Morgan fingerprint density at radius 1 is 1.08 bits per heavy atom. The highest BCUT2D eigenvalue weighted by molar-refractivity contribution is 9.10. The topological polar surface area (TPSA) is 56.8 Å². The molecule has 26 heavy (non-hydrogen) atoms. The third-order valence-electron chi connectivity index (χ3n) is 3.77. The fourth-order valence-corrected chi connectivity index (χ4v) is 3.59. The molecule has 0 spiro atoms. The molecule has 2 aromatic carbocycles. The second kappa shape index (κ2) is 9.73. The molecule has 0 saturated carbocycles. The SMILES string of the molecule is COc1ccc(NC(=O)C(C)SCc2cc(OC)c(Br)cc2OC)cc1. The molecule has 140 valence electrons. The van der Waals surface area contributed by atoms with Gasteiger partial charge < -0.3 is 19.5 Å². The molecule has 2 aromatic rings. The van der Waals surface area contributed by atoms with Crippen LogP contribution in [0.15, 0.2) is 40.9 Å². The van der Waals surface area contributed by atoms with Gasteiger partial charge in [0.15, 0.2) is 0 Å². The Bertz CT molecular complexity index is 752. The maximum atomic E-state index is 12.4. The predicted octanol–water partition coefficient (Wildman–Crippen LogP) is 4.74. The Kier molecular flexibility index (Phi) is 7.66. The number of anilines is 1. The third-order valence-corrected chi connectivity index (χ3v) is 5.58. The van der Waals surface area contributed by atoms with E-state index >= 15 is 0 Å². The quantitative estimate of drug-likeness (QED) is 0.643. The lowest BCUT2D eigenvalue weighted by Gasteiger charge is -2.15. The van der Waals surface area contributed by atoms with Gasteiger partial charge in [-0.05, 0) is 59.3 Å². The van der Waals surface area contributed by atoms with E-state index in [1.807, 2.05) is 43.3 Å². The van der Waals surface area contributed by atoms with Crippen LogP contribution in [0.25, 0.3) is 0 Å². The molecular weight excluding hydrogens is 418 g/mol. The van der Waals surface area contributed by atoms with Crippen molar-refractivity contribution in [2.45, 2.75) is 17.9 Å². The number of ether oxygens (including phenoxy) is 3. The summed E-state index contributed by atoms with van der Waals surface area (Å²) in [5, 5.41) is 2.69. The van der Waals surface area contributed by atoms with E-state index in [1.54, 1.807) is 21.3 Å². The molecule has 1 amide bonds. The first kappa shape index (κ1) is 20.5. The monoisotopic (exact) mass is 439 g/mol. The summed E-state index contributed by atoms with van der Waals surface area (Å²) < 4.78 is 16.7. The second-order valence-electron chi connectivity index (χ2n) is 5.47. The van der Waals surface area contributed by atoms with Crippen LogP contribution >= 0.6 is 27.7 Å². The minimum atomic E-state index is -0.226. The molecule has 0 aliphatic carbocycles. The van der Waals surface area contributed by atoms with Gasteiger partial charge in [0.05, 0.1) is 31.1 Å². The lowest BCUT2D eigenvalue weighted by molar-refractivity contribution is -0.115. The number of carbonyl (C=O) groups is 1. The smallest absolute Gasteiger partial charge is 0.237 e. The van der Waals surface area contributed by atoms with E-state index in [-0.39, 0.29) is 11.2 Å². The first-order valence-electron chi connectivity index (χ1n) is 7.95. The summed E-state index contributed by atoms with van der Waals surface area (Å²) in [5.41, 5.74) is 1.72. The zero-order valence-electron chi connectivity index (χ0n) is 15.2. The third kappa shape index (κ3) is 5.32. The van der Waals surface area contributed by atoms with E-state index in [1.165, 1.54) is 11.8 Å². The molecule has 0 heterocycles. The van der Waals surface area contributed by atoms with Gasteiger partial charge in [0.2, 0.25) is 5.91 Å². The van der Waals surface area contributed by atoms with Crippen LogP contribution in [0.2, 0.25) is 0 Å². The number of hydrogen-bond donors (Lipinski definition) is 1. The van der Waals surface area contributed by atoms with Crippen LogP contribution < -0.4 is 19.5 Å². The van der Waals surface area contributed by atoms with Gasteiger partial charge in [-0.15, -0.1) is 11.8 Å². The Balaban J connectivity index is 1.98. The molecule has 0 radical (unpaired) electrons. The summed E-state index contributed by atoms with van der Waals surface area (Å²) in [7, 11) is 4.86. The highest BCUT2D eigenvalue weighted by Crippen LogP contribution is 2.35. The van der Waals surface area contributed by atoms with Gasteiger partial charge in [-0.25, -0.2) is 0 Å². The fraction of sp³-hybridized carbons (Fsp3) is 0.316. The van der Waals surface area contributed by atoms with Crippen LogP contribution in [-0.2, 0) is 10.5 Å². The van der Waals surface area contributed by atoms with E-state index in [2.05, 4.69) is 21.2 Å². The van der Waals surface area contributed by atoms with Crippen LogP contribution in [0.4, 0.5) is 5.69 Å². The first-order chi connectivity index (χ1) is 12.5. The van der Waals surface area contributed by atoms with Crippen LogP contribution in [0.5, 0.6) is 17.2 Å². The van der Waals surface area contributed by atoms with E-state index in [9.17, 15) is 4.79 Å². The zero-order chi connectivity index (χ0) is 19.1. The van der Waals surface area contributed by atoms with Crippen LogP contribution in [0.1, 0.15) is 12.5 Å². The lowest BCUT2D eigenvalue weighted by atomic mass is 10.2. The van der Waals surface area contributed by atoms with Crippen LogP contribution in [0, 0.1) is 0 Å². The Morgan fingerprint density at radius 3 is 2.31 bits per heavy atom. The average Bonchev–Trinajstić information content (AvgIpc) is 2.66. The van der Waals surface area contributed by atoms with E-state index < -0.39 is 0 Å². The molecular formula is C19H22BrNO4S. The van der Waals surface area contributed by atoms with Crippen molar-refractivity contribution in [2.24, 2.45) is 0 Å². The predicted molar refractivity (Wildman–Crippen MR) is 110 cm³/mol. The van der Waals surface area contributed by atoms with Crippen molar-refractivity contribution in [1.29, 1.82) is 0 Å². The van der Waals surface area contributed by atoms with E-state index in [0.29, 0.717) is 5.75 Å². The molecule has 0 aliphatic rings. The zero-order valence-corrected chi connectivity index (χ0v) is 17.6. The van der Waals surface area contributed by atoms with Gasteiger partial charge in [0, 0.05) is 17.0 Å². The first-order valence-corrected chi connectivity index (χ1v) is 9.79. The molecule has 0 fully saturated rings. The van der Waals surface area contributed by atoms with Gasteiger partial charge in [-0.2, -0.15) is 0 Å². The normalized spacial score (nSPS) is 11.6. The molecule has 0 aromatic heterocycles. The summed E-state index contributed by atoms with van der Waals surface area (Å²) >= 11 is 4.98. The number of rotatable bonds is 8. The van der Waals surface area contributed by atoms with Crippen molar-refractivity contribution in [3.8, 4) is 17.2 Å². The molecule has 0 saturated heterocycles. The summed E-state index contributed by atoms with van der Waals surface area (Å²) in [4.78, 5) is 12.4. The number of nitrogens with one attached hydrogen (secondary N) is 1. The van der Waals surface area contributed by atoms with Crippen molar-refractivity contribution in [2.75, 3.05) is 26.6 Å². The summed E-state index contributed by atoms with van der Waals surface area (Å²) in [6.07, 6.45) is 0. The Labute approximate surface area is 166 Å². The molecule has 1 atom stereocenters. The number of hydrogen-bond acceptors (Lipinski definition) is 5. The number of benzene rings is 2. The van der Waals surface area contributed by atoms with Gasteiger partial charge in [-0.3, -0.25) is 4.79 Å². The largest absolute Gasteiger partial charge is 0.497 e. The standard InChI is InChI=1S/C19H22BrNO4S/c1-12(19(22)21-14-5-7-15(23-2)8-6-14)26-11-13-9-18(25-4)16(20)10-17(13)24-3/h5-10,12H,11H2,1-4H3,(H,21,22). The van der Waals surface area contributed by atoms with Crippen molar-refractivity contribution in [3.63, 3.8) is 0 Å². The molecule has 7 heteroatoms. The summed E-state index contributed by atoms with van der Waals surface area (Å²) in [6.45, 7) is 1.88.